The van der Waals surface area contributed by atoms with Crippen LogP contribution in [0.15, 0.2) is 40.2 Å². The van der Waals surface area contributed by atoms with Crippen molar-refractivity contribution < 1.29 is 24.1 Å². The Labute approximate surface area is 243 Å². The summed E-state index contributed by atoms with van der Waals surface area (Å²) in [6.45, 7) is 1.96. The van der Waals surface area contributed by atoms with Crippen molar-refractivity contribution in [2.24, 2.45) is 0 Å². The minimum atomic E-state index is -0.983. The SMILES string of the molecule is Cc1c(-n2nccn2)sc2c1c(=O)n([C@H]1CCN(C)C1=O)c(=O)n2C[C@H](O[C@H]1CC[C@H](O)CC1)c1cc(F)ccc1O. The smallest absolute Gasteiger partial charge is 0.332 e. The van der Waals surface area contributed by atoms with Gasteiger partial charge in [0.1, 0.15) is 33.5 Å². The molecule has 0 radical (unpaired) electrons. The number of rotatable bonds is 7. The van der Waals surface area contributed by atoms with Crippen molar-refractivity contribution >= 4 is 27.5 Å². The van der Waals surface area contributed by atoms with Crippen molar-refractivity contribution in [3.63, 3.8) is 0 Å². The highest BCUT2D eigenvalue weighted by Gasteiger charge is 2.36. The Morgan fingerprint density at radius 3 is 2.50 bits per heavy atom. The molecule has 0 bridgehead atoms. The molecule has 12 nitrogen and oxygen atoms in total. The van der Waals surface area contributed by atoms with E-state index in [0.717, 1.165) is 22.0 Å². The summed E-state index contributed by atoms with van der Waals surface area (Å²) in [7, 11) is 1.62. The van der Waals surface area contributed by atoms with Gasteiger partial charge in [0.25, 0.3) is 5.56 Å². The van der Waals surface area contributed by atoms with Crippen molar-refractivity contribution in [2.45, 2.75) is 69.9 Å². The van der Waals surface area contributed by atoms with Crippen LogP contribution in [-0.4, -0.2) is 70.9 Å². The lowest BCUT2D eigenvalue weighted by atomic mass is 9.94. The maximum Gasteiger partial charge on any atom is 0.332 e. The first-order valence-corrected chi connectivity index (χ1v) is 14.7. The summed E-state index contributed by atoms with van der Waals surface area (Å²) in [6.07, 6.45) is 3.73. The second kappa shape index (κ2) is 11.1. The number of nitrogens with zero attached hydrogens (tertiary/aromatic N) is 6. The van der Waals surface area contributed by atoms with E-state index in [4.69, 9.17) is 4.74 Å². The van der Waals surface area contributed by atoms with Crippen molar-refractivity contribution in [2.75, 3.05) is 13.6 Å². The molecule has 0 unspecified atom stereocenters. The lowest BCUT2D eigenvalue weighted by Gasteiger charge is -2.30. The Morgan fingerprint density at radius 2 is 1.83 bits per heavy atom. The summed E-state index contributed by atoms with van der Waals surface area (Å²) in [6, 6.07) is 2.56. The number of carbonyl (C=O) groups is 1. The number of phenols is 1. The van der Waals surface area contributed by atoms with Crippen LogP contribution in [0.2, 0.25) is 0 Å². The summed E-state index contributed by atoms with van der Waals surface area (Å²) in [5.74, 6) is -1.12. The molecule has 1 aliphatic carbocycles. The van der Waals surface area contributed by atoms with Crippen LogP contribution >= 0.6 is 11.3 Å². The van der Waals surface area contributed by atoms with Crippen LogP contribution in [0.4, 0.5) is 4.39 Å². The predicted molar refractivity (Wildman–Crippen MR) is 151 cm³/mol. The number of amides is 1. The number of hydrogen-bond donors (Lipinski definition) is 2. The van der Waals surface area contributed by atoms with Crippen LogP contribution < -0.4 is 11.2 Å². The lowest BCUT2D eigenvalue weighted by Crippen LogP contribution is -2.45. The number of thiophene rings is 1. The maximum atomic E-state index is 14.5. The van der Waals surface area contributed by atoms with Gasteiger partial charge in [-0.05, 0) is 57.2 Å². The van der Waals surface area contributed by atoms with E-state index < -0.39 is 35.3 Å². The molecule has 14 heteroatoms. The topological polar surface area (TPSA) is 145 Å². The average Bonchev–Trinajstić information content (AvgIpc) is 3.69. The van der Waals surface area contributed by atoms with E-state index in [1.807, 2.05) is 0 Å². The Hall–Kier alpha value is -3.88. The second-order valence-electron chi connectivity index (χ2n) is 10.9. The molecule has 1 saturated carbocycles. The number of aliphatic hydroxyl groups excluding tert-OH is 1. The van der Waals surface area contributed by atoms with Gasteiger partial charge in [-0.3, -0.25) is 14.2 Å². The van der Waals surface area contributed by atoms with Gasteiger partial charge in [0.2, 0.25) is 5.91 Å². The number of phenolic OH excluding ortho intramolecular Hbond substituents is 1. The van der Waals surface area contributed by atoms with Gasteiger partial charge in [0.15, 0.2) is 0 Å². The largest absolute Gasteiger partial charge is 0.508 e. The molecule has 2 N–H and O–H groups in total. The van der Waals surface area contributed by atoms with Gasteiger partial charge in [-0.2, -0.15) is 10.2 Å². The van der Waals surface area contributed by atoms with E-state index >= 15 is 0 Å². The molecular formula is C28H31FN6O6S. The fourth-order valence-electron chi connectivity index (χ4n) is 5.92. The van der Waals surface area contributed by atoms with Gasteiger partial charge < -0.3 is 19.8 Å². The molecular weight excluding hydrogens is 567 g/mol. The lowest BCUT2D eigenvalue weighted by molar-refractivity contribution is -0.129. The van der Waals surface area contributed by atoms with Gasteiger partial charge in [0.05, 0.1) is 36.5 Å². The molecule has 1 aromatic carbocycles. The molecule has 1 amide bonds. The normalized spacial score (nSPS) is 21.9. The maximum absolute atomic E-state index is 14.5. The number of halogens is 1. The van der Waals surface area contributed by atoms with E-state index in [9.17, 15) is 29.0 Å². The summed E-state index contributed by atoms with van der Waals surface area (Å²) in [4.78, 5) is 44.3. The number of aryl methyl sites for hydroxylation is 1. The third kappa shape index (κ3) is 4.92. The van der Waals surface area contributed by atoms with E-state index in [2.05, 4.69) is 10.2 Å². The minimum absolute atomic E-state index is 0.151. The van der Waals surface area contributed by atoms with Gasteiger partial charge in [-0.15, -0.1) is 4.80 Å². The zero-order valence-corrected chi connectivity index (χ0v) is 24.0. The molecule has 1 saturated heterocycles. The highest BCUT2D eigenvalue weighted by atomic mass is 32.1. The Balaban J connectivity index is 1.55. The number of carbonyl (C=O) groups excluding carboxylic acids is 1. The van der Waals surface area contributed by atoms with E-state index in [0.29, 0.717) is 54.0 Å². The third-order valence-electron chi connectivity index (χ3n) is 8.21. The van der Waals surface area contributed by atoms with Crippen LogP contribution in [0.1, 0.15) is 55.4 Å². The number of ether oxygens (including phenoxy) is 1. The second-order valence-corrected chi connectivity index (χ2v) is 11.9. The van der Waals surface area contributed by atoms with Crippen LogP contribution in [0, 0.1) is 12.7 Å². The fraction of sp³-hybridized carbons (Fsp3) is 0.464. The predicted octanol–water partition coefficient (Wildman–Crippen LogP) is 2.42. The molecule has 42 heavy (non-hydrogen) atoms. The number of likely N-dealkylation sites (N-methyl/N-ethyl adjacent to an activating group) is 1. The standard InChI is InChI=1S/C28H31FN6O6S/c1-15-23-25(39)34(20-9-12-32(2)24(20)38)28(40)33(27(23)42-26(15)35-30-10-11-31-35)14-22(19-13-16(29)3-8-21(19)37)41-18-6-4-17(36)5-7-18/h3,8,10-11,13,17-18,20,22,36-37H,4-7,9,12,14H2,1-2H3/t17-,18-,20-,22-/m0/s1. The van der Waals surface area contributed by atoms with Crippen LogP contribution in [0.3, 0.4) is 0 Å². The van der Waals surface area contributed by atoms with E-state index in [1.165, 1.54) is 38.8 Å². The quantitative estimate of drug-likeness (QED) is 0.330. The molecule has 4 heterocycles. The van der Waals surface area contributed by atoms with Gasteiger partial charge >= 0.3 is 5.69 Å². The number of aromatic nitrogens is 5. The van der Waals surface area contributed by atoms with Crippen LogP contribution in [-0.2, 0) is 16.1 Å². The van der Waals surface area contributed by atoms with E-state index in [1.54, 1.807) is 14.0 Å². The zero-order valence-electron chi connectivity index (χ0n) is 23.1. The number of aromatic hydroxyl groups is 1. The first kappa shape index (κ1) is 28.2. The average molecular weight is 599 g/mol. The first-order chi connectivity index (χ1) is 20.1. The number of likely N-dealkylation sites (tertiary alicyclic amines) is 1. The first-order valence-electron chi connectivity index (χ1n) is 13.9. The van der Waals surface area contributed by atoms with E-state index in [-0.39, 0.29) is 35.3 Å². The van der Waals surface area contributed by atoms with Crippen molar-refractivity contribution in [1.82, 2.24) is 29.0 Å². The van der Waals surface area contributed by atoms with Gasteiger partial charge in [0, 0.05) is 24.7 Å². The van der Waals surface area contributed by atoms with Crippen LogP contribution in [0.25, 0.3) is 15.2 Å². The highest BCUT2D eigenvalue weighted by Crippen LogP contribution is 2.36. The third-order valence-corrected chi connectivity index (χ3v) is 9.50. The number of fused-ring (bicyclic) bond motifs is 1. The van der Waals surface area contributed by atoms with Gasteiger partial charge in [-0.25, -0.2) is 13.8 Å². The highest BCUT2D eigenvalue weighted by molar-refractivity contribution is 7.21. The molecule has 2 aliphatic rings. The summed E-state index contributed by atoms with van der Waals surface area (Å²) < 4.78 is 23.3. The summed E-state index contributed by atoms with van der Waals surface area (Å²) >= 11 is 1.15. The van der Waals surface area contributed by atoms with Crippen molar-refractivity contribution in [3.8, 4) is 10.8 Å². The fourth-order valence-corrected chi connectivity index (χ4v) is 7.14. The number of hydrogen-bond acceptors (Lipinski definition) is 9. The number of benzene rings is 1. The zero-order chi connectivity index (χ0) is 29.7. The molecule has 2 fully saturated rings. The molecule has 222 valence electrons. The van der Waals surface area contributed by atoms with Gasteiger partial charge in [-0.1, -0.05) is 11.3 Å². The molecule has 6 rings (SSSR count). The summed E-state index contributed by atoms with van der Waals surface area (Å²) in [5.41, 5.74) is -0.590. The Kier molecular flexibility index (Phi) is 7.45. The molecule has 1 aliphatic heterocycles. The minimum Gasteiger partial charge on any atom is -0.508 e. The van der Waals surface area contributed by atoms with Crippen molar-refractivity contribution in [1.29, 1.82) is 0 Å². The molecule has 2 atom stereocenters. The number of aliphatic hydroxyl groups is 1. The Bertz CT molecular complexity index is 1760. The van der Waals surface area contributed by atoms with Crippen molar-refractivity contribution in [3.05, 3.63) is 68.4 Å². The molecule has 3 aromatic heterocycles. The monoisotopic (exact) mass is 598 g/mol. The summed E-state index contributed by atoms with van der Waals surface area (Å²) in [5, 5.41) is 29.9. The molecule has 0 spiro atoms. The molecule has 4 aromatic rings. The Morgan fingerprint density at radius 1 is 1.12 bits per heavy atom. The van der Waals surface area contributed by atoms with Crippen LogP contribution in [0.5, 0.6) is 5.75 Å².